The van der Waals surface area contributed by atoms with Crippen molar-refractivity contribution >= 4 is 23.7 Å². The van der Waals surface area contributed by atoms with Crippen LogP contribution in [-0.2, 0) is 19.1 Å². The second kappa shape index (κ2) is 32.7. The fourth-order valence-electron chi connectivity index (χ4n) is 10.3. The van der Waals surface area contributed by atoms with Crippen molar-refractivity contribution in [1.29, 1.82) is 0 Å². The molecule has 1 heterocycles. The number of aliphatic hydroxyl groups is 1. The van der Waals surface area contributed by atoms with Crippen LogP contribution in [0.1, 0.15) is 226 Å². The van der Waals surface area contributed by atoms with E-state index in [2.05, 4.69) is 25.8 Å². The first kappa shape index (κ1) is 50.3. The molecule has 1 saturated heterocycles. The smallest absolute Gasteiger partial charge is 0.306 e. The third-order valence-electron chi connectivity index (χ3n) is 13.7. The average molecular weight is 818 g/mol. The van der Waals surface area contributed by atoms with Crippen molar-refractivity contribution in [3.05, 3.63) is 11.1 Å². The van der Waals surface area contributed by atoms with Crippen LogP contribution in [-0.4, -0.2) is 72.4 Å². The van der Waals surface area contributed by atoms with Gasteiger partial charge >= 0.3 is 11.9 Å². The molecule has 0 spiro atoms. The molecule has 3 aliphatic rings. The van der Waals surface area contributed by atoms with Crippen LogP contribution < -0.4 is 0 Å². The quantitative estimate of drug-likeness (QED) is 0.0412. The van der Waals surface area contributed by atoms with Crippen LogP contribution in [0.4, 0.5) is 0 Å². The Morgan fingerprint density at radius 3 is 2.11 bits per heavy atom. The summed E-state index contributed by atoms with van der Waals surface area (Å²) in [6.45, 7) is 6.41. The van der Waals surface area contributed by atoms with E-state index in [1.165, 1.54) is 154 Å². The van der Waals surface area contributed by atoms with E-state index in [-0.39, 0.29) is 24.6 Å². The van der Waals surface area contributed by atoms with E-state index >= 15 is 0 Å². The number of nitrogens with zero attached hydrogens (tertiary/aromatic N) is 1. The SMILES string of the molecule is CCCCCCCC(CCCCC)CCC(=O)OCCCCCC(CCCCCSCC1CCCC2CCCC3=C2C(CCC3)CCC(=O)O1)N(C)CCCCO. The number of unbranched alkanes of at least 4 members (excludes halogenated alkanes) is 11. The number of thioether (sulfide) groups is 1. The van der Waals surface area contributed by atoms with Crippen molar-refractivity contribution in [3.63, 3.8) is 0 Å². The summed E-state index contributed by atoms with van der Waals surface area (Å²) in [5.41, 5.74) is 3.56. The normalized spacial score (nSPS) is 21.5. The van der Waals surface area contributed by atoms with E-state index in [9.17, 15) is 14.7 Å². The molecule has 6 nitrogen and oxygen atoms in total. The molecule has 3 rings (SSSR count). The summed E-state index contributed by atoms with van der Waals surface area (Å²) in [4.78, 5) is 28.1. The Labute approximate surface area is 356 Å². The Hall–Kier alpha value is -1.05. The number of hydrogen-bond donors (Lipinski definition) is 1. The van der Waals surface area contributed by atoms with Crippen LogP contribution in [0.25, 0.3) is 0 Å². The first-order chi connectivity index (χ1) is 27.9. The molecule has 0 amide bonds. The van der Waals surface area contributed by atoms with Crippen LogP contribution in [0.2, 0.25) is 0 Å². The van der Waals surface area contributed by atoms with Crippen molar-refractivity contribution in [2.45, 2.75) is 238 Å². The summed E-state index contributed by atoms with van der Waals surface area (Å²) < 4.78 is 11.8. The van der Waals surface area contributed by atoms with Crippen molar-refractivity contribution in [2.24, 2.45) is 17.8 Å². The highest BCUT2D eigenvalue weighted by Gasteiger charge is 2.32. The standard InChI is InChI=1S/C50H91NO5S/c1-4-6-8-9-13-24-42(23-12-7-5-2)33-35-48(53)55-39-18-10-14-30-46(51(3)37-16-17-38-52)31-15-11-19-40-57-41-47-32-22-29-44-26-20-25-43-27-21-28-45(50(43)44)34-36-49(54)56-47/h42,44-47,52H,4-41H2,1-3H3. The molecule has 0 aromatic carbocycles. The number of esters is 2. The second-order valence-corrected chi connectivity index (χ2v) is 19.6. The van der Waals surface area contributed by atoms with Crippen LogP contribution in [0.15, 0.2) is 11.1 Å². The monoisotopic (exact) mass is 818 g/mol. The highest BCUT2D eigenvalue weighted by atomic mass is 32.2. The molecule has 7 heteroatoms. The summed E-state index contributed by atoms with van der Waals surface area (Å²) >= 11 is 1.99. The molecular formula is C50H91NO5S. The zero-order valence-corrected chi connectivity index (χ0v) is 38.5. The summed E-state index contributed by atoms with van der Waals surface area (Å²) in [5.74, 6) is 4.21. The van der Waals surface area contributed by atoms with Gasteiger partial charge in [0, 0.05) is 31.2 Å². The first-order valence-corrected chi connectivity index (χ1v) is 26.1. The van der Waals surface area contributed by atoms with Crippen molar-refractivity contribution < 1.29 is 24.2 Å². The minimum atomic E-state index is 0.00530. The predicted octanol–water partition coefficient (Wildman–Crippen LogP) is 13.6. The predicted molar refractivity (Wildman–Crippen MR) is 243 cm³/mol. The van der Waals surface area contributed by atoms with Gasteiger partial charge in [-0.2, -0.15) is 11.8 Å². The maximum absolute atomic E-state index is 12.9. The van der Waals surface area contributed by atoms with E-state index in [1.807, 2.05) is 11.8 Å². The number of cyclic esters (lactones) is 1. The molecule has 1 aliphatic heterocycles. The van der Waals surface area contributed by atoms with Gasteiger partial charge in [0.2, 0.25) is 0 Å². The number of allylic oxidation sites excluding steroid dienone is 2. The lowest BCUT2D eigenvalue weighted by Crippen LogP contribution is -2.32. The maximum atomic E-state index is 12.9. The van der Waals surface area contributed by atoms with Crippen molar-refractivity contribution in [2.75, 3.05) is 38.3 Å². The lowest BCUT2D eigenvalue weighted by atomic mass is 9.68. The summed E-state index contributed by atoms with van der Waals surface area (Å²) in [5, 5.41) is 9.34. The number of rotatable bonds is 32. The van der Waals surface area contributed by atoms with Crippen LogP contribution in [0, 0.1) is 17.8 Å². The van der Waals surface area contributed by atoms with Gasteiger partial charge in [0.1, 0.15) is 6.10 Å². The Morgan fingerprint density at radius 1 is 0.737 bits per heavy atom. The Kier molecular flexibility index (Phi) is 28.8. The molecule has 0 radical (unpaired) electrons. The van der Waals surface area contributed by atoms with E-state index in [4.69, 9.17) is 9.47 Å². The van der Waals surface area contributed by atoms with Gasteiger partial charge in [-0.05, 0) is 146 Å². The lowest BCUT2D eigenvalue weighted by Gasteiger charge is -2.37. The first-order valence-electron chi connectivity index (χ1n) is 24.9. The average Bonchev–Trinajstić information content (AvgIpc) is 3.24. The van der Waals surface area contributed by atoms with Crippen molar-refractivity contribution in [3.8, 4) is 0 Å². The Balaban J connectivity index is 1.29. The van der Waals surface area contributed by atoms with Gasteiger partial charge < -0.3 is 19.5 Å². The highest BCUT2D eigenvalue weighted by Crippen LogP contribution is 2.46. The molecule has 0 saturated carbocycles. The molecule has 0 aromatic heterocycles. The second-order valence-electron chi connectivity index (χ2n) is 18.5. The van der Waals surface area contributed by atoms with E-state index in [0.29, 0.717) is 37.3 Å². The minimum Gasteiger partial charge on any atom is -0.466 e. The summed E-state index contributed by atoms with van der Waals surface area (Å²) in [7, 11) is 2.26. The van der Waals surface area contributed by atoms with Gasteiger partial charge in [-0.25, -0.2) is 0 Å². The fraction of sp³-hybridized carbons (Fsp3) is 0.920. The summed E-state index contributed by atoms with van der Waals surface area (Å²) in [6.07, 6.45) is 38.9. The molecule has 57 heavy (non-hydrogen) atoms. The Bertz CT molecular complexity index is 1060. The van der Waals surface area contributed by atoms with Gasteiger partial charge in [-0.3, -0.25) is 9.59 Å². The van der Waals surface area contributed by atoms with Crippen LogP contribution >= 0.6 is 11.8 Å². The number of aliphatic hydroxyl groups excluding tert-OH is 1. The van der Waals surface area contributed by atoms with E-state index < -0.39 is 0 Å². The van der Waals surface area contributed by atoms with Gasteiger partial charge in [0.15, 0.2) is 0 Å². The molecule has 0 bridgehead atoms. The van der Waals surface area contributed by atoms with Gasteiger partial charge in [0.05, 0.1) is 6.61 Å². The minimum absolute atomic E-state index is 0.00530. The Morgan fingerprint density at radius 2 is 1.37 bits per heavy atom. The number of hydrogen-bond acceptors (Lipinski definition) is 7. The highest BCUT2D eigenvalue weighted by molar-refractivity contribution is 7.99. The number of ether oxygens (including phenoxy) is 2. The zero-order chi connectivity index (χ0) is 40.8. The van der Waals surface area contributed by atoms with Gasteiger partial charge in [-0.1, -0.05) is 115 Å². The molecule has 1 fully saturated rings. The van der Waals surface area contributed by atoms with Crippen LogP contribution in [0.3, 0.4) is 0 Å². The maximum Gasteiger partial charge on any atom is 0.306 e. The van der Waals surface area contributed by atoms with Crippen molar-refractivity contribution in [1.82, 2.24) is 4.90 Å². The number of carbonyl (C=O) groups excluding carboxylic acids is 2. The topological polar surface area (TPSA) is 76.1 Å². The molecule has 5 unspecified atom stereocenters. The molecule has 2 aliphatic carbocycles. The molecule has 332 valence electrons. The third kappa shape index (κ3) is 22.4. The fourth-order valence-corrected chi connectivity index (χ4v) is 11.3. The molecule has 0 aromatic rings. The number of carbonyl (C=O) groups is 2. The van der Waals surface area contributed by atoms with E-state index in [0.717, 1.165) is 68.9 Å². The van der Waals surface area contributed by atoms with Gasteiger partial charge in [0.25, 0.3) is 0 Å². The summed E-state index contributed by atoms with van der Waals surface area (Å²) in [6, 6.07) is 0.566. The molecular weight excluding hydrogens is 727 g/mol. The molecule has 1 N–H and O–H groups in total. The van der Waals surface area contributed by atoms with Crippen LogP contribution in [0.5, 0.6) is 0 Å². The zero-order valence-electron chi connectivity index (χ0n) is 37.7. The molecule has 5 atom stereocenters. The third-order valence-corrected chi connectivity index (χ3v) is 14.9. The van der Waals surface area contributed by atoms with Gasteiger partial charge in [-0.15, -0.1) is 0 Å². The lowest BCUT2D eigenvalue weighted by molar-refractivity contribution is -0.148. The van der Waals surface area contributed by atoms with E-state index in [1.54, 1.807) is 11.1 Å². The largest absolute Gasteiger partial charge is 0.466 e.